The van der Waals surface area contributed by atoms with Gasteiger partial charge in [0, 0.05) is 13.6 Å². The molecule has 0 bridgehead atoms. The molecule has 1 unspecified atom stereocenters. The quantitative estimate of drug-likeness (QED) is 0.847. The van der Waals surface area contributed by atoms with Crippen LogP contribution in [0.5, 0.6) is 0 Å². The zero-order chi connectivity index (χ0) is 14.0. The maximum atomic E-state index is 11.8. The topological polar surface area (TPSA) is 82.8 Å². The van der Waals surface area contributed by atoms with Crippen molar-refractivity contribution in [1.29, 1.82) is 0 Å². The second-order valence-electron chi connectivity index (χ2n) is 5.17. The van der Waals surface area contributed by atoms with E-state index in [1.165, 1.54) is 6.07 Å². The highest BCUT2D eigenvalue weighted by Crippen LogP contribution is 2.31. The van der Waals surface area contributed by atoms with E-state index in [2.05, 4.69) is 10.2 Å². The third kappa shape index (κ3) is 2.78. The van der Waals surface area contributed by atoms with E-state index in [0.29, 0.717) is 18.8 Å². The van der Waals surface area contributed by atoms with Crippen molar-refractivity contribution in [3.05, 3.63) is 23.7 Å². The van der Waals surface area contributed by atoms with Crippen LogP contribution in [0, 0.1) is 5.41 Å². The summed E-state index contributed by atoms with van der Waals surface area (Å²) in [7, 11) is 1.64. The molecular formula is C13H18N2O4. The summed E-state index contributed by atoms with van der Waals surface area (Å²) in [5.74, 6) is -0.467. The Morgan fingerprint density at radius 2 is 2.26 bits per heavy atom. The Labute approximate surface area is 111 Å². The largest absolute Gasteiger partial charge is 0.475 e. The number of rotatable bonds is 4. The van der Waals surface area contributed by atoms with Crippen molar-refractivity contribution in [2.24, 2.45) is 5.41 Å². The van der Waals surface area contributed by atoms with Crippen LogP contribution in [0.1, 0.15) is 29.7 Å². The predicted octanol–water partition coefficient (Wildman–Crippen LogP) is 0.936. The van der Waals surface area contributed by atoms with Crippen LogP contribution in [0.25, 0.3) is 0 Å². The van der Waals surface area contributed by atoms with Gasteiger partial charge in [-0.2, -0.15) is 0 Å². The van der Waals surface area contributed by atoms with Gasteiger partial charge in [-0.05, 0) is 32.0 Å². The molecule has 1 aromatic heterocycles. The molecule has 0 aliphatic carbocycles. The molecule has 1 saturated heterocycles. The third-order valence-electron chi connectivity index (χ3n) is 3.58. The Morgan fingerprint density at radius 3 is 2.84 bits per heavy atom. The summed E-state index contributed by atoms with van der Waals surface area (Å²) in [5.41, 5.74) is -0.378. The number of furan rings is 1. The number of hydrogen-bond donors (Lipinski definition) is 2. The fourth-order valence-electron chi connectivity index (χ4n) is 2.48. The first kappa shape index (κ1) is 13.6. The van der Waals surface area contributed by atoms with Gasteiger partial charge in [0.2, 0.25) is 11.7 Å². The number of carboxylic acids is 1. The van der Waals surface area contributed by atoms with Gasteiger partial charge < -0.3 is 14.8 Å². The first-order chi connectivity index (χ1) is 8.94. The molecule has 1 aromatic rings. The summed E-state index contributed by atoms with van der Waals surface area (Å²) in [6, 6.07) is 3.12. The van der Waals surface area contributed by atoms with Crippen LogP contribution in [0.4, 0.5) is 0 Å². The molecule has 19 heavy (non-hydrogen) atoms. The molecule has 6 nitrogen and oxygen atoms in total. The monoisotopic (exact) mass is 266 g/mol. The van der Waals surface area contributed by atoms with Gasteiger partial charge in [-0.15, -0.1) is 0 Å². The van der Waals surface area contributed by atoms with Crippen LogP contribution in [0.2, 0.25) is 0 Å². The van der Waals surface area contributed by atoms with Crippen LogP contribution in [-0.4, -0.2) is 42.0 Å². The number of carbonyl (C=O) groups excluding carboxylic acids is 1. The van der Waals surface area contributed by atoms with Gasteiger partial charge in [-0.1, -0.05) is 0 Å². The highest BCUT2D eigenvalue weighted by atomic mass is 16.4. The van der Waals surface area contributed by atoms with E-state index in [9.17, 15) is 9.59 Å². The van der Waals surface area contributed by atoms with Gasteiger partial charge in [0.1, 0.15) is 5.76 Å². The third-order valence-corrected chi connectivity index (χ3v) is 3.58. The van der Waals surface area contributed by atoms with Crippen molar-refractivity contribution in [2.45, 2.75) is 19.9 Å². The lowest BCUT2D eigenvalue weighted by Gasteiger charge is -2.22. The molecule has 1 aliphatic rings. The molecule has 1 fully saturated rings. The Hall–Kier alpha value is -1.82. The summed E-state index contributed by atoms with van der Waals surface area (Å²) in [6.45, 7) is 3.92. The number of hydrogen-bond acceptors (Lipinski definition) is 4. The normalized spacial score (nSPS) is 23.5. The van der Waals surface area contributed by atoms with E-state index in [-0.39, 0.29) is 17.1 Å². The number of carbonyl (C=O) groups is 2. The lowest BCUT2D eigenvalue weighted by molar-refractivity contribution is -0.129. The van der Waals surface area contributed by atoms with Crippen molar-refractivity contribution < 1.29 is 19.1 Å². The standard InChI is InChI=1S/C13H18N2O4/c1-13(12(18)14-2)5-6-15(8-13)7-9-3-4-10(19-9)11(16)17/h3-4H,5-8H2,1-2H3,(H,14,18)(H,16,17). The van der Waals surface area contributed by atoms with E-state index in [4.69, 9.17) is 9.52 Å². The Morgan fingerprint density at radius 1 is 1.53 bits per heavy atom. The molecule has 0 radical (unpaired) electrons. The SMILES string of the molecule is CNC(=O)C1(C)CCN(Cc2ccc(C(=O)O)o2)C1. The van der Waals surface area contributed by atoms with Crippen LogP contribution in [-0.2, 0) is 11.3 Å². The number of nitrogens with one attached hydrogen (secondary N) is 1. The van der Waals surface area contributed by atoms with Gasteiger partial charge >= 0.3 is 5.97 Å². The average molecular weight is 266 g/mol. The molecule has 0 spiro atoms. The number of carboxylic acid groups (broad SMARTS) is 1. The highest BCUT2D eigenvalue weighted by molar-refractivity contribution is 5.84. The summed E-state index contributed by atoms with van der Waals surface area (Å²) in [5, 5.41) is 11.5. The van der Waals surface area contributed by atoms with Crippen LogP contribution in [0.3, 0.4) is 0 Å². The highest BCUT2D eigenvalue weighted by Gasteiger charge is 2.39. The fraction of sp³-hybridized carbons (Fsp3) is 0.538. The van der Waals surface area contributed by atoms with E-state index >= 15 is 0 Å². The molecule has 0 aromatic carbocycles. The van der Waals surface area contributed by atoms with E-state index in [1.807, 2.05) is 6.92 Å². The van der Waals surface area contributed by atoms with Gasteiger partial charge in [-0.3, -0.25) is 9.69 Å². The van der Waals surface area contributed by atoms with Crippen molar-refractivity contribution in [3.8, 4) is 0 Å². The lowest BCUT2D eigenvalue weighted by Crippen LogP contribution is -2.39. The van der Waals surface area contributed by atoms with Gasteiger partial charge in [0.05, 0.1) is 12.0 Å². The van der Waals surface area contributed by atoms with E-state index in [1.54, 1.807) is 13.1 Å². The molecule has 0 saturated carbocycles. The maximum Gasteiger partial charge on any atom is 0.371 e. The first-order valence-electron chi connectivity index (χ1n) is 6.21. The summed E-state index contributed by atoms with van der Waals surface area (Å²) in [6.07, 6.45) is 0.791. The Bertz CT molecular complexity index is 497. The van der Waals surface area contributed by atoms with Crippen LogP contribution >= 0.6 is 0 Å². The maximum absolute atomic E-state index is 11.8. The lowest BCUT2D eigenvalue weighted by atomic mass is 9.89. The minimum Gasteiger partial charge on any atom is -0.475 e. The molecule has 2 N–H and O–H groups in total. The van der Waals surface area contributed by atoms with Crippen molar-refractivity contribution in [1.82, 2.24) is 10.2 Å². The summed E-state index contributed by atoms with van der Waals surface area (Å²) in [4.78, 5) is 24.6. The molecule has 2 heterocycles. The second-order valence-corrected chi connectivity index (χ2v) is 5.17. The zero-order valence-corrected chi connectivity index (χ0v) is 11.1. The Kier molecular flexibility index (Phi) is 3.61. The molecular weight excluding hydrogens is 248 g/mol. The van der Waals surface area contributed by atoms with Gasteiger partial charge in [-0.25, -0.2) is 4.79 Å². The molecule has 2 rings (SSSR count). The number of nitrogens with zero attached hydrogens (tertiary/aromatic N) is 1. The van der Waals surface area contributed by atoms with Crippen molar-refractivity contribution in [3.63, 3.8) is 0 Å². The van der Waals surface area contributed by atoms with Crippen LogP contribution in [0.15, 0.2) is 16.5 Å². The Balaban J connectivity index is 1.98. The molecule has 6 heteroatoms. The second kappa shape index (κ2) is 5.05. The van der Waals surface area contributed by atoms with E-state index < -0.39 is 5.97 Å². The molecule has 1 atom stereocenters. The fourth-order valence-corrected chi connectivity index (χ4v) is 2.48. The number of aromatic carboxylic acids is 1. The van der Waals surface area contributed by atoms with Crippen molar-refractivity contribution in [2.75, 3.05) is 20.1 Å². The smallest absolute Gasteiger partial charge is 0.371 e. The number of likely N-dealkylation sites (tertiary alicyclic amines) is 1. The minimum atomic E-state index is -1.07. The summed E-state index contributed by atoms with van der Waals surface area (Å²) >= 11 is 0. The minimum absolute atomic E-state index is 0.0423. The zero-order valence-electron chi connectivity index (χ0n) is 11.1. The van der Waals surface area contributed by atoms with Gasteiger partial charge in [0.25, 0.3) is 0 Å². The molecule has 104 valence electrons. The average Bonchev–Trinajstić information content (AvgIpc) is 2.97. The van der Waals surface area contributed by atoms with E-state index in [0.717, 1.165) is 13.0 Å². The number of amides is 1. The predicted molar refractivity (Wildman–Crippen MR) is 67.7 cm³/mol. The van der Waals surface area contributed by atoms with Crippen LogP contribution < -0.4 is 5.32 Å². The molecule has 1 amide bonds. The van der Waals surface area contributed by atoms with Crippen molar-refractivity contribution >= 4 is 11.9 Å². The first-order valence-corrected chi connectivity index (χ1v) is 6.21. The van der Waals surface area contributed by atoms with Gasteiger partial charge in [0.15, 0.2) is 0 Å². The molecule has 1 aliphatic heterocycles. The summed E-state index contributed by atoms with van der Waals surface area (Å²) < 4.78 is 5.22.